The van der Waals surface area contributed by atoms with E-state index in [0.717, 1.165) is 0 Å². The van der Waals surface area contributed by atoms with Crippen molar-refractivity contribution in [3.63, 3.8) is 0 Å². The highest BCUT2D eigenvalue weighted by molar-refractivity contribution is 7.81. The summed E-state index contributed by atoms with van der Waals surface area (Å²) in [6.07, 6.45) is 0. The van der Waals surface area contributed by atoms with Crippen LogP contribution in [0.25, 0.3) is 0 Å². The van der Waals surface area contributed by atoms with Gasteiger partial charge in [-0.1, -0.05) is 12.6 Å². The summed E-state index contributed by atoms with van der Waals surface area (Å²) in [5, 5.41) is 10.6. The molecule has 0 aliphatic heterocycles. The molecule has 0 heterocycles. The van der Waals surface area contributed by atoms with Crippen LogP contribution in [0, 0.1) is 0 Å². The van der Waals surface area contributed by atoms with Gasteiger partial charge in [0, 0.05) is 15.9 Å². The molecule has 0 N–H and O–H groups in total. The standard InChI is InChI=1S/C6H4OS2/c7-4-1-5(8)3-6(9)2-4/h1-3,8H. The highest BCUT2D eigenvalue weighted by Gasteiger charge is 1.94. The molecule has 0 amide bonds. The predicted octanol–water partition coefficient (Wildman–Crippen LogP) is 2.68. The van der Waals surface area contributed by atoms with E-state index < -0.39 is 0 Å². The third-order valence-electron chi connectivity index (χ3n) is 0.865. The number of rotatable bonds is 0. The van der Waals surface area contributed by atoms with Gasteiger partial charge in [-0.05, 0) is 12.1 Å². The molecule has 0 spiro atoms. The van der Waals surface area contributed by atoms with E-state index in [1.807, 2.05) is 0 Å². The lowest BCUT2D eigenvalue weighted by molar-refractivity contribution is 0.352. The van der Waals surface area contributed by atoms with Crippen molar-refractivity contribution in [1.29, 1.82) is 0 Å². The molecule has 0 saturated carbocycles. The maximum Gasteiger partial charge on any atom is 0.181 e. The first kappa shape index (κ1) is 6.71. The van der Waals surface area contributed by atoms with Gasteiger partial charge in [-0.2, -0.15) is 0 Å². The van der Waals surface area contributed by atoms with E-state index >= 15 is 0 Å². The van der Waals surface area contributed by atoms with Gasteiger partial charge in [0.15, 0.2) is 5.75 Å². The summed E-state index contributed by atoms with van der Waals surface area (Å²) in [7, 11) is 0. The average Bonchev–Trinajstić information content (AvgIpc) is 1.59. The van der Waals surface area contributed by atoms with Crippen LogP contribution in [0.3, 0.4) is 0 Å². The first-order valence-corrected chi connectivity index (χ1v) is 3.22. The number of hydrogen-bond acceptors (Lipinski definition) is 1. The second-order valence-corrected chi connectivity index (χ2v) is 2.65. The molecule has 2 radical (unpaired) electrons. The average molecular weight is 156 g/mol. The Hall–Kier alpha value is -0.410. The van der Waals surface area contributed by atoms with E-state index in [1.54, 1.807) is 6.07 Å². The normalized spacial score (nSPS) is 9.44. The maximum absolute atomic E-state index is 10.6. The molecular formula is C6H4OS2. The molecule has 1 aromatic carbocycles. The lowest BCUT2D eigenvalue weighted by atomic mass is 10.3. The Morgan fingerprint density at radius 3 is 2.44 bits per heavy atom. The minimum absolute atomic E-state index is 0.0764. The molecule has 0 fully saturated rings. The minimum Gasteiger partial charge on any atom is -0.290 e. The number of thiol groups is 1. The van der Waals surface area contributed by atoms with Crippen LogP contribution in [0.15, 0.2) is 28.0 Å². The van der Waals surface area contributed by atoms with Crippen LogP contribution in [0.4, 0.5) is 0 Å². The van der Waals surface area contributed by atoms with Crippen molar-refractivity contribution in [3.05, 3.63) is 18.2 Å². The Morgan fingerprint density at radius 2 is 2.00 bits per heavy atom. The van der Waals surface area contributed by atoms with E-state index in [2.05, 4.69) is 12.6 Å². The van der Waals surface area contributed by atoms with Crippen molar-refractivity contribution in [2.24, 2.45) is 0 Å². The molecule has 0 saturated heterocycles. The molecule has 46 valence electrons. The molecule has 0 unspecified atom stereocenters. The SMILES string of the molecule is [O]c1cc([S])cc(S)c1. The number of hydrogen-bond donors (Lipinski definition) is 1. The van der Waals surface area contributed by atoms with Gasteiger partial charge >= 0.3 is 0 Å². The lowest BCUT2D eigenvalue weighted by Crippen LogP contribution is -1.66. The number of benzene rings is 1. The fraction of sp³-hybridized carbons (Fsp3) is 0. The first-order valence-electron chi connectivity index (χ1n) is 2.36. The monoisotopic (exact) mass is 156 g/mol. The zero-order valence-electron chi connectivity index (χ0n) is 4.50. The Balaban J connectivity index is 3.17. The van der Waals surface area contributed by atoms with Crippen LogP contribution in [0.2, 0.25) is 0 Å². The van der Waals surface area contributed by atoms with Gasteiger partial charge in [-0.3, -0.25) is 5.11 Å². The highest BCUT2D eigenvalue weighted by Crippen LogP contribution is 2.20. The Morgan fingerprint density at radius 1 is 1.33 bits per heavy atom. The maximum atomic E-state index is 10.6. The predicted molar refractivity (Wildman–Crippen MR) is 39.7 cm³/mol. The quantitative estimate of drug-likeness (QED) is 0.557. The topological polar surface area (TPSA) is 19.9 Å². The van der Waals surface area contributed by atoms with Gasteiger partial charge in [-0.25, -0.2) is 0 Å². The molecule has 1 aromatic rings. The molecule has 0 aliphatic rings. The smallest absolute Gasteiger partial charge is 0.181 e. The van der Waals surface area contributed by atoms with E-state index in [9.17, 15) is 5.11 Å². The summed E-state index contributed by atoms with van der Waals surface area (Å²) in [6.45, 7) is 0. The summed E-state index contributed by atoms with van der Waals surface area (Å²) in [5.41, 5.74) is 0. The van der Waals surface area contributed by atoms with Crippen LogP contribution in [0.5, 0.6) is 5.75 Å². The van der Waals surface area contributed by atoms with E-state index in [4.69, 9.17) is 12.6 Å². The minimum atomic E-state index is -0.0764. The summed E-state index contributed by atoms with van der Waals surface area (Å²) < 4.78 is 0. The van der Waals surface area contributed by atoms with Crippen molar-refractivity contribution in [3.8, 4) is 5.75 Å². The van der Waals surface area contributed by atoms with Gasteiger partial charge in [0.1, 0.15) is 0 Å². The summed E-state index contributed by atoms with van der Waals surface area (Å²) in [5.74, 6) is -0.0764. The molecule has 0 atom stereocenters. The molecular weight excluding hydrogens is 152 g/mol. The molecule has 1 nitrogen and oxygen atoms in total. The highest BCUT2D eigenvalue weighted by atomic mass is 32.1. The summed E-state index contributed by atoms with van der Waals surface area (Å²) >= 11 is 8.70. The fourth-order valence-corrected chi connectivity index (χ4v) is 1.15. The molecule has 0 aromatic heterocycles. The first-order chi connectivity index (χ1) is 4.18. The Labute approximate surface area is 64.5 Å². The Kier molecular flexibility index (Phi) is 1.83. The second kappa shape index (κ2) is 2.45. The van der Waals surface area contributed by atoms with Crippen molar-refractivity contribution in [1.82, 2.24) is 0 Å². The van der Waals surface area contributed by atoms with Crippen LogP contribution in [-0.4, -0.2) is 0 Å². The van der Waals surface area contributed by atoms with Crippen molar-refractivity contribution in [2.45, 2.75) is 9.79 Å². The third kappa shape index (κ3) is 1.77. The zero-order valence-corrected chi connectivity index (χ0v) is 6.21. The summed E-state index contributed by atoms with van der Waals surface area (Å²) in [4.78, 5) is 1.18. The van der Waals surface area contributed by atoms with E-state index in [0.29, 0.717) is 9.79 Å². The Bertz CT molecular complexity index is 172. The lowest BCUT2D eigenvalue weighted by Gasteiger charge is -1.91. The zero-order chi connectivity index (χ0) is 6.85. The van der Waals surface area contributed by atoms with E-state index in [1.165, 1.54) is 12.1 Å². The largest absolute Gasteiger partial charge is 0.290 e. The van der Waals surface area contributed by atoms with E-state index in [-0.39, 0.29) is 5.75 Å². The second-order valence-electron chi connectivity index (χ2n) is 1.66. The third-order valence-corrected chi connectivity index (χ3v) is 1.36. The van der Waals surface area contributed by atoms with Crippen molar-refractivity contribution in [2.75, 3.05) is 0 Å². The molecule has 0 bridgehead atoms. The molecule has 1 rings (SSSR count). The van der Waals surface area contributed by atoms with Crippen molar-refractivity contribution < 1.29 is 5.11 Å². The molecule has 0 aliphatic carbocycles. The fourth-order valence-electron chi connectivity index (χ4n) is 0.557. The van der Waals surface area contributed by atoms with Gasteiger partial charge in [0.25, 0.3) is 0 Å². The van der Waals surface area contributed by atoms with Crippen LogP contribution < -0.4 is 0 Å². The van der Waals surface area contributed by atoms with Crippen molar-refractivity contribution >= 4 is 25.3 Å². The molecule has 3 heteroatoms. The van der Waals surface area contributed by atoms with Gasteiger partial charge in [0.2, 0.25) is 0 Å². The summed E-state index contributed by atoms with van der Waals surface area (Å²) in [6, 6.07) is 4.49. The van der Waals surface area contributed by atoms with Crippen LogP contribution >= 0.6 is 25.3 Å². The van der Waals surface area contributed by atoms with Crippen LogP contribution in [0.1, 0.15) is 0 Å². The van der Waals surface area contributed by atoms with Gasteiger partial charge in [0.05, 0.1) is 0 Å². The van der Waals surface area contributed by atoms with Gasteiger partial charge in [-0.15, -0.1) is 12.6 Å². The van der Waals surface area contributed by atoms with Crippen LogP contribution in [-0.2, 0) is 5.11 Å². The van der Waals surface area contributed by atoms with Gasteiger partial charge < -0.3 is 0 Å². The molecule has 9 heavy (non-hydrogen) atoms.